The van der Waals surface area contributed by atoms with Crippen molar-refractivity contribution >= 4 is 33.7 Å². The van der Waals surface area contributed by atoms with Crippen LogP contribution in [-0.4, -0.2) is 17.6 Å². The Hall–Kier alpha value is -4.59. The van der Waals surface area contributed by atoms with E-state index in [2.05, 4.69) is 20.7 Å². The fraction of sp³-hybridized carbons (Fsp3) is 0.115. The van der Waals surface area contributed by atoms with E-state index in [1.54, 1.807) is 54.6 Å². The van der Waals surface area contributed by atoms with Crippen molar-refractivity contribution in [1.82, 2.24) is 0 Å². The Bertz CT molecular complexity index is 1370. The molecular weight excluding hydrogens is 432 g/mol. The summed E-state index contributed by atoms with van der Waals surface area (Å²) in [5, 5.41) is 26.5. The Morgan fingerprint density at radius 3 is 2.47 bits per heavy atom. The number of fused-ring (bicyclic) bond motifs is 1. The maximum atomic E-state index is 13.1. The maximum Gasteiger partial charge on any atom is 0.259 e. The number of carbonyl (C=O) groups excluding carboxylic acids is 1. The van der Waals surface area contributed by atoms with Crippen LogP contribution in [0.1, 0.15) is 22.8 Å². The molecule has 0 aromatic heterocycles. The molecule has 4 rings (SSSR count). The van der Waals surface area contributed by atoms with Crippen LogP contribution in [0, 0.1) is 4.91 Å². The number of ether oxygens (including phenoxy) is 1. The average molecular weight is 454 g/mol. The van der Waals surface area contributed by atoms with E-state index in [1.165, 1.54) is 0 Å². The first kappa shape index (κ1) is 22.6. The summed E-state index contributed by atoms with van der Waals surface area (Å²) in [6, 6.07) is 22.9. The summed E-state index contributed by atoms with van der Waals surface area (Å²) in [5.74, 6) is -0.250. The molecule has 1 amide bonds. The zero-order valence-corrected chi connectivity index (χ0v) is 18.4. The molecule has 0 aliphatic carbocycles. The van der Waals surface area contributed by atoms with Crippen LogP contribution in [0.25, 0.3) is 10.8 Å². The number of nitroso groups, excluding NO2 is 1. The summed E-state index contributed by atoms with van der Waals surface area (Å²) in [6.07, 6.45) is 0. The number of hydrogen-bond acceptors (Lipinski definition) is 7. The second-order valence-corrected chi connectivity index (χ2v) is 7.38. The van der Waals surface area contributed by atoms with Gasteiger partial charge in [-0.25, -0.2) is 0 Å². The molecule has 0 radical (unpaired) electrons. The van der Waals surface area contributed by atoms with Gasteiger partial charge in [0.05, 0.1) is 23.5 Å². The van der Waals surface area contributed by atoms with E-state index in [-0.39, 0.29) is 23.5 Å². The minimum Gasteiger partial charge on any atom is -0.505 e. The lowest BCUT2D eigenvalue weighted by Crippen LogP contribution is -2.13. The fourth-order valence-corrected chi connectivity index (χ4v) is 3.48. The lowest BCUT2D eigenvalue weighted by molar-refractivity contribution is 0.102. The number of anilines is 1. The highest BCUT2D eigenvalue weighted by molar-refractivity contribution is 6.12. The SMILES string of the molecule is CCOc1ccccc1NC(=O)c1cc2ccccc2c(N=Nc2ccc(CN=O)cc2)c1O. The van der Waals surface area contributed by atoms with E-state index in [0.29, 0.717) is 29.1 Å². The molecule has 8 heteroatoms. The van der Waals surface area contributed by atoms with Gasteiger partial charge in [0, 0.05) is 5.39 Å². The Balaban J connectivity index is 1.71. The summed E-state index contributed by atoms with van der Waals surface area (Å²) in [7, 11) is 0. The van der Waals surface area contributed by atoms with Crippen molar-refractivity contribution in [3.8, 4) is 11.5 Å². The van der Waals surface area contributed by atoms with E-state index in [4.69, 9.17) is 4.74 Å². The van der Waals surface area contributed by atoms with E-state index >= 15 is 0 Å². The number of azo groups is 1. The molecule has 0 atom stereocenters. The second kappa shape index (κ2) is 10.4. The van der Waals surface area contributed by atoms with E-state index in [9.17, 15) is 14.8 Å². The van der Waals surface area contributed by atoms with Crippen molar-refractivity contribution in [1.29, 1.82) is 0 Å². The van der Waals surface area contributed by atoms with Gasteiger partial charge in [0.25, 0.3) is 5.91 Å². The standard InChI is InChI=1S/C26H22N4O4/c1-2-34-23-10-6-5-9-22(23)28-26(32)21-15-18-7-3-4-8-20(18)24(25(21)31)30-29-19-13-11-17(12-14-19)16-27-33/h3-15,31H,2,16H2,1H3,(H,28,32). The molecule has 170 valence electrons. The molecule has 4 aromatic carbocycles. The van der Waals surface area contributed by atoms with Gasteiger partial charge < -0.3 is 15.2 Å². The van der Waals surface area contributed by atoms with Gasteiger partial charge in [0.1, 0.15) is 18.0 Å². The number of aromatic hydroxyl groups is 1. The van der Waals surface area contributed by atoms with Crippen LogP contribution >= 0.6 is 0 Å². The normalized spacial score (nSPS) is 11.0. The number of phenols is 1. The Kier molecular flexibility index (Phi) is 6.88. The van der Waals surface area contributed by atoms with Crippen molar-refractivity contribution in [3.63, 3.8) is 0 Å². The molecule has 0 fully saturated rings. The van der Waals surface area contributed by atoms with Crippen molar-refractivity contribution in [2.45, 2.75) is 13.5 Å². The number of carbonyl (C=O) groups is 1. The third-order valence-electron chi connectivity index (χ3n) is 5.12. The highest BCUT2D eigenvalue weighted by Crippen LogP contribution is 2.40. The Morgan fingerprint density at radius 1 is 0.971 bits per heavy atom. The van der Waals surface area contributed by atoms with Gasteiger partial charge in [-0.3, -0.25) is 4.79 Å². The molecule has 8 nitrogen and oxygen atoms in total. The first-order valence-electron chi connectivity index (χ1n) is 10.7. The molecule has 34 heavy (non-hydrogen) atoms. The molecule has 0 saturated carbocycles. The highest BCUT2D eigenvalue weighted by Gasteiger charge is 2.19. The van der Waals surface area contributed by atoms with Crippen LogP contribution in [0.15, 0.2) is 94.3 Å². The molecular formula is C26H22N4O4. The molecule has 0 aliphatic heterocycles. The zero-order chi connectivity index (χ0) is 23.9. The number of nitrogens with one attached hydrogen (secondary N) is 1. The highest BCUT2D eigenvalue weighted by atomic mass is 16.5. The largest absolute Gasteiger partial charge is 0.505 e. The second-order valence-electron chi connectivity index (χ2n) is 7.38. The average Bonchev–Trinajstić information content (AvgIpc) is 2.85. The molecule has 0 unspecified atom stereocenters. The third-order valence-corrected chi connectivity index (χ3v) is 5.12. The number of nitrogens with zero attached hydrogens (tertiary/aromatic N) is 3. The number of benzene rings is 4. The smallest absolute Gasteiger partial charge is 0.259 e. The number of amides is 1. The number of rotatable bonds is 8. The van der Waals surface area contributed by atoms with Gasteiger partial charge in [0.15, 0.2) is 5.75 Å². The molecule has 0 spiro atoms. The number of phenolic OH excluding ortho intramolecular Hbond substituents is 1. The quantitative estimate of drug-likeness (QED) is 0.223. The van der Waals surface area contributed by atoms with E-state index < -0.39 is 5.91 Å². The Morgan fingerprint density at radius 2 is 1.71 bits per heavy atom. The summed E-state index contributed by atoms with van der Waals surface area (Å²) < 4.78 is 5.58. The molecule has 0 heterocycles. The topological polar surface area (TPSA) is 113 Å². The summed E-state index contributed by atoms with van der Waals surface area (Å²) in [6.45, 7) is 2.38. The van der Waals surface area contributed by atoms with Crippen LogP contribution in [0.2, 0.25) is 0 Å². The van der Waals surface area contributed by atoms with Crippen LogP contribution in [0.3, 0.4) is 0 Å². The monoisotopic (exact) mass is 454 g/mol. The van der Waals surface area contributed by atoms with Gasteiger partial charge in [-0.15, -0.1) is 5.11 Å². The number of hydrogen-bond donors (Lipinski definition) is 2. The van der Waals surface area contributed by atoms with Crippen LogP contribution in [-0.2, 0) is 6.54 Å². The van der Waals surface area contributed by atoms with Gasteiger partial charge in [-0.05, 0) is 48.2 Å². The van der Waals surface area contributed by atoms with Gasteiger partial charge in [0.2, 0.25) is 0 Å². The van der Waals surface area contributed by atoms with Crippen molar-refractivity contribution < 1.29 is 14.6 Å². The zero-order valence-electron chi connectivity index (χ0n) is 18.4. The predicted octanol–water partition coefficient (Wildman–Crippen LogP) is 6.88. The molecule has 4 aromatic rings. The third kappa shape index (κ3) is 4.91. The lowest BCUT2D eigenvalue weighted by Gasteiger charge is -2.13. The van der Waals surface area contributed by atoms with Gasteiger partial charge in [-0.1, -0.05) is 53.7 Å². The van der Waals surface area contributed by atoms with Crippen molar-refractivity contribution in [2.24, 2.45) is 15.4 Å². The van der Waals surface area contributed by atoms with E-state index in [1.807, 2.05) is 31.2 Å². The van der Waals surface area contributed by atoms with Crippen molar-refractivity contribution in [2.75, 3.05) is 11.9 Å². The molecule has 2 N–H and O–H groups in total. The van der Waals surface area contributed by atoms with Gasteiger partial charge >= 0.3 is 0 Å². The summed E-state index contributed by atoms with van der Waals surface area (Å²) in [4.78, 5) is 23.6. The first-order valence-corrected chi connectivity index (χ1v) is 10.7. The fourth-order valence-electron chi connectivity index (χ4n) is 3.48. The summed E-state index contributed by atoms with van der Waals surface area (Å²) >= 11 is 0. The molecule has 0 bridgehead atoms. The minimum atomic E-state index is -0.502. The van der Waals surface area contributed by atoms with E-state index in [0.717, 1.165) is 10.9 Å². The molecule has 0 aliphatic rings. The molecule has 0 saturated heterocycles. The maximum absolute atomic E-state index is 13.1. The van der Waals surface area contributed by atoms with Crippen LogP contribution in [0.5, 0.6) is 11.5 Å². The van der Waals surface area contributed by atoms with Crippen LogP contribution in [0.4, 0.5) is 17.1 Å². The Labute approximate surface area is 195 Å². The lowest BCUT2D eigenvalue weighted by atomic mass is 10.0. The number of para-hydroxylation sites is 2. The van der Waals surface area contributed by atoms with Gasteiger partial charge in [-0.2, -0.15) is 10.0 Å². The predicted molar refractivity (Wildman–Crippen MR) is 131 cm³/mol. The van der Waals surface area contributed by atoms with Crippen LogP contribution < -0.4 is 10.1 Å². The first-order chi connectivity index (χ1) is 16.6. The minimum absolute atomic E-state index is 0.0614. The van der Waals surface area contributed by atoms with Crippen molar-refractivity contribution in [3.05, 3.63) is 94.9 Å². The summed E-state index contributed by atoms with van der Waals surface area (Å²) in [5.41, 5.74) is 2.02.